The number of carboxylic acid groups (broad SMARTS) is 1. The highest BCUT2D eigenvalue weighted by Gasteiger charge is 2.07. The van der Waals surface area contributed by atoms with E-state index in [0.717, 1.165) is 10.6 Å². The summed E-state index contributed by atoms with van der Waals surface area (Å²) in [5, 5.41) is 11.3. The Balaban J connectivity index is 2.03. The molecule has 2 rings (SSSR count). The van der Waals surface area contributed by atoms with Crippen LogP contribution in [-0.2, 0) is 17.6 Å². The molecule has 0 amide bonds. The molecule has 0 aliphatic heterocycles. The summed E-state index contributed by atoms with van der Waals surface area (Å²) in [4.78, 5) is 18.9. The minimum atomic E-state index is -0.863. The number of carbonyl (C=O) groups is 1. The highest BCUT2D eigenvalue weighted by Crippen LogP contribution is 2.16. The maximum absolute atomic E-state index is 10.5. The molecule has 0 spiro atoms. The van der Waals surface area contributed by atoms with E-state index in [4.69, 9.17) is 9.84 Å². The number of aliphatic carboxylic acids is 1. The number of hydrogen-bond acceptors (Lipinski definition) is 5. The van der Waals surface area contributed by atoms with E-state index in [-0.39, 0.29) is 6.42 Å². The van der Waals surface area contributed by atoms with E-state index >= 15 is 0 Å². The lowest BCUT2D eigenvalue weighted by molar-refractivity contribution is -0.136. The highest BCUT2D eigenvalue weighted by molar-refractivity contribution is 7.09. The molecule has 0 atom stereocenters. The summed E-state index contributed by atoms with van der Waals surface area (Å²) < 4.78 is 4.98. The van der Waals surface area contributed by atoms with Crippen LogP contribution in [0, 0.1) is 0 Å². The van der Waals surface area contributed by atoms with Gasteiger partial charge in [-0.1, -0.05) is 6.07 Å². The molecule has 0 bridgehead atoms. The van der Waals surface area contributed by atoms with Gasteiger partial charge in [0.1, 0.15) is 0 Å². The molecule has 0 unspecified atom stereocenters. The zero-order valence-corrected chi connectivity index (χ0v) is 10.6. The van der Waals surface area contributed by atoms with Crippen LogP contribution < -0.4 is 4.74 Å². The predicted molar refractivity (Wildman–Crippen MR) is 67.0 cm³/mol. The Labute approximate surface area is 108 Å². The molecular formula is C12H12N2O3S. The number of ether oxygens (including phenoxy) is 1. The lowest BCUT2D eigenvalue weighted by atomic mass is 10.2. The first-order chi connectivity index (χ1) is 8.67. The summed E-state index contributed by atoms with van der Waals surface area (Å²) in [7, 11) is 1.57. The van der Waals surface area contributed by atoms with E-state index in [1.807, 2.05) is 6.07 Å². The first kappa shape index (κ1) is 12.5. The van der Waals surface area contributed by atoms with Gasteiger partial charge in [0.25, 0.3) is 0 Å². The van der Waals surface area contributed by atoms with Gasteiger partial charge in [-0.2, -0.15) is 0 Å². The Hall–Kier alpha value is -1.95. The fraction of sp³-hybridized carbons (Fsp3) is 0.250. The quantitative estimate of drug-likeness (QED) is 0.891. The van der Waals surface area contributed by atoms with Gasteiger partial charge in [-0.15, -0.1) is 11.3 Å². The van der Waals surface area contributed by atoms with Crippen molar-refractivity contribution in [3.05, 3.63) is 40.0 Å². The van der Waals surface area contributed by atoms with E-state index < -0.39 is 5.97 Å². The van der Waals surface area contributed by atoms with Crippen LogP contribution in [0.2, 0.25) is 0 Å². The molecule has 0 fully saturated rings. The van der Waals surface area contributed by atoms with Gasteiger partial charge in [-0.25, -0.2) is 9.97 Å². The molecule has 0 saturated carbocycles. The van der Waals surface area contributed by atoms with Crippen LogP contribution in [0.5, 0.6) is 5.88 Å². The molecule has 6 heteroatoms. The van der Waals surface area contributed by atoms with Crippen LogP contribution in [0.3, 0.4) is 0 Å². The third-order valence-electron chi connectivity index (χ3n) is 2.29. The summed E-state index contributed by atoms with van der Waals surface area (Å²) in [5.74, 6) is -0.289. The van der Waals surface area contributed by atoms with Gasteiger partial charge in [-0.3, -0.25) is 4.79 Å². The standard InChI is InChI=1S/C12H12N2O3S/c1-17-10-3-2-8(6-13-10)4-11-14-9(7-18-11)5-12(15)16/h2-3,6-7H,4-5H2,1H3,(H,15,16). The van der Waals surface area contributed by atoms with Gasteiger partial charge in [-0.05, 0) is 5.56 Å². The number of methoxy groups -OCH3 is 1. The molecule has 0 radical (unpaired) electrons. The molecular weight excluding hydrogens is 252 g/mol. The number of thiazole rings is 1. The summed E-state index contributed by atoms with van der Waals surface area (Å²) in [6, 6.07) is 3.71. The van der Waals surface area contributed by atoms with E-state index in [9.17, 15) is 4.79 Å². The maximum Gasteiger partial charge on any atom is 0.309 e. The van der Waals surface area contributed by atoms with Crippen molar-refractivity contribution in [3.8, 4) is 5.88 Å². The van der Waals surface area contributed by atoms with Crippen LogP contribution in [0.4, 0.5) is 0 Å². The van der Waals surface area contributed by atoms with Gasteiger partial charge < -0.3 is 9.84 Å². The van der Waals surface area contributed by atoms with Crippen molar-refractivity contribution < 1.29 is 14.6 Å². The van der Waals surface area contributed by atoms with Gasteiger partial charge in [0.05, 0.1) is 24.2 Å². The normalized spacial score (nSPS) is 10.3. The zero-order chi connectivity index (χ0) is 13.0. The van der Waals surface area contributed by atoms with E-state index in [1.54, 1.807) is 24.8 Å². The second-order valence-corrected chi connectivity index (χ2v) is 4.63. The second kappa shape index (κ2) is 5.59. The zero-order valence-electron chi connectivity index (χ0n) is 9.79. The summed E-state index contributed by atoms with van der Waals surface area (Å²) in [6.45, 7) is 0. The number of nitrogens with zero attached hydrogens (tertiary/aromatic N) is 2. The predicted octanol–water partition coefficient (Wildman–Crippen LogP) is 1.76. The van der Waals surface area contributed by atoms with Crippen molar-refractivity contribution in [2.45, 2.75) is 12.8 Å². The number of pyridine rings is 1. The third-order valence-corrected chi connectivity index (χ3v) is 3.19. The largest absolute Gasteiger partial charge is 0.481 e. The Morgan fingerprint density at radius 1 is 1.50 bits per heavy atom. The summed E-state index contributed by atoms with van der Waals surface area (Å²) >= 11 is 1.46. The number of carboxylic acids is 1. The Morgan fingerprint density at radius 2 is 2.33 bits per heavy atom. The van der Waals surface area contributed by atoms with E-state index in [0.29, 0.717) is 18.0 Å². The molecule has 2 heterocycles. The first-order valence-corrected chi connectivity index (χ1v) is 6.19. The number of aromatic nitrogens is 2. The van der Waals surface area contributed by atoms with Crippen molar-refractivity contribution in [2.75, 3.05) is 7.11 Å². The van der Waals surface area contributed by atoms with Gasteiger partial charge in [0, 0.05) is 24.1 Å². The van der Waals surface area contributed by atoms with Crippen LogP contribution in [-0.4, -0.2) is 28.2 Å². The Kier molecular flexibility index (Phi) is 3.88. The van der Waals surface area contributed by atoms with Crippen molar-refractivity contribution in [1.82, 2.24) is 9.97 Å². The average Bonchev–Trinajstić information content (AvgIpc) is 2.76. The molecule has 5 nitrogen and oxygen atoms in total. The molecule has 0 saturated heterocycles. The van der Waals surface area contributed by atoms with Crippen LogP contribution in [0.1, 0.15) is 16.3 Å². The fourth-order valence-corrected chi connectivity index (χ4v) is 2.31. The Morgan fingerprint density at radius 3 is 2.94 bits per heavy atom. The fourth-order valence-electron chi connectivity index (χ4n) is 1.48. The highest BCUT2D eigenvalue weighted by atomic mass is 32.1. The third kappa shape index (κ3) is 3.27. The molecule has 2 aromatic heterocycles. The van der Waals surface area contributed by atoms with Crippen molar-refractivity contribution >= 4 is 17.3 Å². The summed E-state index contributed by atoms with van der Waals surface area (Å²) in [6.07, 6.45) is 2.36. The number of rotatable bonds is 5. The minimum Gasteiger partial charge on any atom is -0.481 e. The maximum atomic E-state index is 10.5. The minimum absolute atomic E-state index is 0.0304. The summed E-state index contributed by atoms with van der Waals surface area (Å²) in [5.41, 5.74) is 1.62. The Bertz CT molecular complexity index is 537. The molecule has 0 aromatic carbocycles. The molecule has 0 aliphatic carbocycles. The lowest BCUT2D eigenvalue weighted by Gasteiger charge is -2.00. The van der Waals surface area contributed by atoms with Crippen LogP contribution >= 0.6 is 11.3 Å². The lowest BCUT2D eigenvalue weighted by Crippen LogP contribution is -2.00. The smallest absolute Gasteiger partial charge is 0.309 e. The van der Waals surface area contributed by atoms with E-state index in [2.05, 4.69) is 9.97 Å². The molecule has 2 aromatic rings. The van der Waals surface area contributed by atoms with Crippen molar-refractivity contribution in [2.24, 2.45) is 0 Å². The van der Waals surface area contributed by atoms with Crippen molar-refractivity contribution in [3.63, 3.8) is 0 Å². The molecule has 18 heavy (non-hydrogen) atoms. The van der Waals surface area contributed by atoms with E-state index in [1.165, 1.54) is 11.3 Å². The van der Waals surface area contributed by atoms with Gasteiger partial charge in [0.15, 0.2) is 0 Å². The molecule has 1 N–H and O–H groups in total. The topological polar surface area (TPSA) is 72.3 Å². The monoisotopic (exact) mass is 264 g/mol. The van der Waals surface area contributed by atoms with Gasteiger partial charge in [0.2, 0.25) is 5.88 Å². The molecule has 94 valence electrons. The van der Waals surface area contributed by atoms with Gasteiger partial charge >= 0.3 is 5.97 Å². The SMILES string of the molecule is COc1ccc(Cc2nc(CC(=O)O)cs2)cn1. The van der Waals surface area contributed by atoms with Crippen LogP contribution in [0.25, 0.3) is 0 Å². The second-order valence-electron chi connectivity index (χ2n) is 3.69. The average molecular weight is 264 g/mol. The molecule has 0 aliphatic rings. The number of hydrogen-bond donors (Lipinski definition) is 1. The van der Waals surface area contributed by atoms with Crippen LogP contribution in [0.15, 0.2) is 23.7 Å². The van der Waals surface area contributed by atoms with Crippen molar-refractivity contribution in [1.29, 1.82) is 0 Å². The first-order valence-electron chi connectivity index (χ1n) is 5.31.